The molecule has 0 saturated carbocycles. The van der Waals surface area contributed by atoms with Gasteiger partial charge in [0.05, 0.1) is 5.70 Å². The number of hydrogen-bond acceptors (Lipinski definition) is 3. The van der Waals surface area contributed by atoms with Crippen molar-refractivity contribution in [3.63, 3.8) is 0 Å². The lowest BCUT2D eigenvalue weighted by molar-refractivity contribution is 0.103. The molecule has 78 valence electrons. The Balaban J connectivity index is 2.46. The van der Waals surface area contributed by atoms with Crippen molar-refractivity contribution < 1.29 is 4.79 Å². The summed E-state index contributed by atoms with van der Waals surface area (Å²) in [6, 6.07) is 11.5. The van der Waals surface area contributed by atoms with Crippen LogP contribution in [-0.4, -0.2) is 5.78 Å². The Morgan fingerprint density at radius 3 is 2.44 bits per heavy atom. The molecule has 0 atom stereocenters. The topological polar surface area (TPSA) is 69.1 Å². The van der Waals surface area contributed by atoms with Crippen molar-refractivity contribution in [2.75, 3.05) is 0 Å². The molecular weight excluding hydrogens is 200 g/mol. The van der Waals surface area contributed by atoms with Gasteiger partial charge in [-0.1, -0.05) is 36.4 Å². The predicted octanol–water partition coefficient (Wildman–Crippen LogP) is 1.62. The Morgan fingerprint density at radius 1 is 0.875 bits per heavy atom. The molecule has 1 aliphatic carbocycles. The summed E-state index contributed by atoms with van der Waals surface area (Å²) in [6.07, 6.45) is 0. The minimum Gasteiger partial charge on any atom is -0.396 e. The largest absolute Gasteiger partial charge is 0.396 e. The van der Waals surface area contributed by atoms with E-state index >= 15 is 0 Å². The van der Waals surface area contributed by atoms with Gasteiger partial charge in [0, 0.05) is 11.1 Å². The van der Waals surface area contributed by atoms with Crippen LogP contribution in [0.15, 0.2) is 42.1 Å². The molecule has 0 spiro atoms. The van der Waals surface area contributed by atoms with E-state index < -0.39 is 0 Å². The minimum atomic E-state index is -0.163. The molecular formula is C13H10N2O. The molecule has 0 fully saturated rings. The first-order chi connectivity index (χ1) is 7.70. The molecule has 0 amide bonds. The molecule has 16 heavy (non-hydrogen) atoms. The Kier molecular flexibility index (Phi) is 1.60. The van der Waals surface area contributed by atoms with Crippen molar-refractivity contribution in [3.05, 3.63) is 53.2 Å². The summed E-state index contributed by atoms with van der Waals surface area (Å²) in [4.78, 5) is 12.0. The van der Waals surface area contributed by atoms with E-state index in [1.165, 1.54) is 0 Å². The van der Waals surface area contributed by atoms with E-state index in [4.69, 9.17) is 11.5 Å². The van der Waals surface area contributed by atoms with Crippen LogP contribution in [0.2, 0.25) is 0 Å². The lowest BCUT2D eigenvalue weighted by Crippen LogP contribution is -2.09. The molecule has 2 aromatic rings. The normalized spacial score (nSPS) is 14.6. The predicted molar refractivity (Wildman–Crippen MR) is 63.6 cm³/mol. The van der Waals surface area contributed by atoms with E-state index in [2.05, 4.69) is 0 Å². The van der Waals surface area contributed by atoms with Gasteiger partial charge in [0.2, 0.25) is 5.78 Å². The average molecular weight is 210 g/mol. The lowest BCUT2D eigenvalue weighted by Gasteiger charge is -2.04. The number of nitrogens with two attached hydrogens (primary N) is 2. The zero-order chi connectivity index (χ0) is 11.3. The van der Waals surface area contributed by atoms with Crippen LogP contribution in [0.4, 0.5) is 0 Å². The highest BCUT2D eigenvalue weighted by atomic mass is 16.1. The van der Waals surface area contributed by atoms with Crippen molar-refractivity contribution in [1.29, 1.82) is 0 Å². The summed E-state index contributed by atoms with van der Waals surface area (Å²) in [5, 5.41) is 1.94. The summed E-state index contributed by atoms with van der Waals surface area (Å²) in [5.74, 6) is -0.163. The minimum absolute atomic E-state index is 0.159. The maximum Gasteiger partial charge on any atom is 0.212 e. The van der Waals surface area contributed by atoms with Crippen molar-refractivity contribution in [2.45, 2.75) is 0 Å². The molecule has 3 nitrogen and oxygen atoms in total. The molecule has 0 unspecified atom stereocenters. The Hall–Kier alpha value is -2.29. The molecule has 0 bridgehead atoms. The van der Waals surface area contributed by atoms with Gasteiger partial charge >= 0.3 is 0 Å². The Labute approximate surface area is 92.4 Å². The van der Waals surface area contributed by atoms with Gasteiger partial charge in [-0.05, 0) is 10.8 Å². The third kappa shape index (κ3) is 0.945. The summed E-state index contributed by atoms with van der Waals surface area (Å²) in [5.41, 5.74) is 13.4. The van der Waals surface area contributed by atoms with Crippen LogP contribution in [0.3, 0.4) is 0 Å². The summed E-state index contributed by atoms with van der Waals surface area (Å²) in [7, 11) is 0. The number of Topliss-reactive ketones (excluding diaryl/α,β-unsaturated/α-hetero) is 1. The first-order valence-corrected chi connectivity index (χ1v) is 5.02. The number of fused-ring (bicyclic) bond motifs is 3. The maximum atomic E-state index is 12.0. The van der Waals surface area contributed by atoms with Gasteiger partial charge in [0.15, 0.2) is 0 Å². The third-order valence-electron chi connectivity index (χ3n) is 2.98. The molecule has 4 N–H and O–H groups in total. The fourth-order valence-corrected chi connectivity index (χ4v) is 2.14. The van der Waals surface area contributed by atoms with Gasteiger partial charge in [-0.2, -0.15) is 0 Å². The van der Waals surface area contributed by atoms with Crippen LogP contribution >= 0.6 is 0 Å². The smallest absolute Gasteiger partial charge is 0.212 e. The monoisotopic (exact) mass is 210 g/mol. The van der Waals surface area contributed by atoms with E-state index in [0.717, 1.165) is 16.3 Å². The fourth-order valence-electron chi connectivity index (χ4n) is 2.14. The highest BCUT2D eigenvalue weighted by Crippen LogP contribution is 2.32. The van der Waals surface area contributed by atoms with Gasteiger partial charge in [-0.25, -0.2) is 0 Å². The van der Waals surface area contributed by atoms with Gasteiger partial charge in [-0.15, -0.1) is 0 Å². The number of rotatable bonds is 0. The SMILES string of the molecule is NC1=C(N)c2ccc3ccccc3c2C1=O. The van der Waals surface area contributed by atoms with Gasteiger partial charge < -0.3 is 11.5 Å². The molecule has 0 radical (unpaired) electrons. The number of benzene rings is 2. The van der Waals surface area contributed by atoms with E-state index in [0.29, 0.717) is 11.3 Å². The van der Waals surface area contributed by atoms with Crippen LogP contribution < -0.4 is 11.5 Å². The number of carbonyl (C=O) groups is 1. The lowest BCUT2D eigenvalue weighted by atomic mass is 9.99. The first-order valence-electron chi connectivity index (χ1n) is 5.02. The molecule has 3 rings (SSSR count). The Morgan fingerprint density at radius 2 is 1.62 bits per heavy atom. The van der Waals surface area contributed by atoms with E-state index in [1.54, 1.807) is 0 Å². The third-order valence-corrected chi connectivity index (χ3v) is 2.98. The average Bonchev–Trinajstić information content (AvgIpc) is 2.55. The molecule has 1 aliphatic rings. The van der Waals surface area contributed by atoms with Crippen molar-refractivity contribution in [3.8, 4) is 0 Å². The molecule has 2 aromatic carbocycles. The summed E-state index contributed by atoms with van der Waals surface area (Å²) < 4.78 is 0. The summed E-state index contributed by atoms with van der Waals surface area (Å²) >= 11 is 0. The van der Waals surface area contributed by atoms with E-state index in [-0.39, 0.29) is 11.5 Å². The maximum absolute atomic E-state index is 12.0. The number of ketones is 1. The molecule has 0 heterocycles. The van der Waals surface area contributed by atoms with Gasteiger partial charge in [0.1, 0.15) is 5.70 Å². The Bertz CT molecular complexity index is 656. The van der Waals surface area contributed by atoms with Crippen molar-refractivity contribution >= 4 is 22.3 Å². The zero-order valence-corrected chi connectivity index (χ0v) is 8.53. The quantitative estimate of drug-likeness (QED) is 0.694. The standard InChI is InChI=1S/C13H10N2O/c14-11-9-6-5-7-3-1-2-4-8(7)10(9)13(16)12(11)15/h1-6H,(H4,14,15,16). The highest BCUT2D eigenvalue weighted by molar-refractivity contribution is 6.25. The number of hydrogen-bond donors (Lipinski definition) is 2. The van der Waals surface area contributed by atoms with Crippen molar-refractivity contribution in [2.24, 2.45) is 11.5 Å². The van der Waals surface area contributed by atoms with E-state index in [9.17, 15) is 4.79 Å². The highest BCUT2D eigenvalue weighted by Gasteiger charge is 2.27. The molecule has 0 aliphatic heterocycles. The van der Waals surface area contributed by atoms with Crippen molar-refractivity contribution in [1.82, 2.24) is 0 Å². The number of carbonyl (C=O) groups excluding carboxylic acids is 1. The zero-order valence-electron chi connectivity index (χ0n) is 8.53. The molecule has 3 heteroatoms. The van der Waals surface area contributed by atoms with Crippen LogP contribution in [0, 0.1) is 0 Å². The van der Waals surface area contributed by atoms with Crippen LogP contribution in [0.5, 0.6) is 0 Å². The second kappa shape index (κ2) is 2.85. The first kappa shape index (κ1) is 8.97. The van der Waals surface area contributed by atoms with Crippen LogP contribution in [0.1, 0.15) is 15.9 Å². The second-order valence-corrected chi connectivity index (χ2v) is 3.87. The number of allylic oxidation sites excluding steroid dienone is 1. The van der Waals surface area contributed by atoms with Gasteiger partial charge in [0.25, 0.3) is 0 Å². The second-order valence-electron chi connectivity index (χ2n) is 3.87. The van der Waals surface area contributed by atoms with Gasteiger partial charge in [-0.3, -0.25) is 4.79 Å². The molecule has 0 saturated heterocycles. The fraction of sp³-hybridized carbons (Fsp3) is 0. The van der Waals surface area contributed by atoms with E-state index in [1.807, 2.05) is 36.4 Å². The molecule has 0 aromatic heterocycles. The van der Waals surface area contributed by atoms with Crippen LogP contribution in [-0.2, 0) is 0 Å². The summed E-state index contributed by atoms with van der Waals surface area (Å²) in [6.45, 7) is 0. The van der Waals surface area contributed by atoms with Crippen LogP contribution in [0.25, 0.3) is 16.5 Å².